The van der Waals surface area contributed by atoms with E-state index in [1.54, 1.807) is 13.8 Å². The lowest BCUT2D eigenvalue weighted by Crippen LogP contribution is -2.11. The molecule has 98 valence electrons. The van der Waals surface area contributed by atoms with Gasteiger partial charge in [0.25, 0.3) is 0 Å². The van der Waals surface area contributed by atoms with E-state index < -0.39 is 17.5 Å². The van der Waals surface area contributed by atoms with Gasteiger partial charge in [-0.2, -0.15) is 0 Å². The molecule has 7 heteroatoms. The van der Waals surface area contributed by atoms with Gasteiger partial charge in [-0.05, 0) is 13.8 Å². The summed E-state index contributed by atoms with van der Waals surface area (Å²) in [5, 5.41) is 16.5. The van der Waals surface area contributed by atoms with Crippen LogP contribution in [0, 0.1) is 0 Å². The van der Waals surface area contributed by atoms with Crippen LogP contribution in [-0.4, -0.2) is 41.3 Å². The van der Waals surface area contributed by atoms with Gasteiger partial charge in [0.2, 0.25) is 0 Å². The molecule has 0 saturated heterocycles. The molecule has 0 aliphatic rings. The summed E-state index contributed by atoms with van der Waals surface area (Å²) in [5.41, 5.74) is -0.771. The van der Waals surface area contributed by atoms with E-state index in [1.807, 2.05) is 0 Å². The Labute approximate surface area is 98.6 Å². The summed E-state index contributed by atoms with van der Waals surface area (Å²) < 4.78 is 8.90. The van der Waals surface area contributed by atoms with E-state index in [4.69, 9.17) is 10.2 Å². The van der Waals surface area contributed by atoms with Crippen molar-refractivity contribution < 1.29 is 34.1 Å². The number of rotatable bonds is 5. The van der Waals surface area contributed by atoms with Crippen molar-refractivity contribution in [1.82, 2.24) is 0 Å². The van der Waals surface area contributed by atoms with Gasteiger partial charge in [0.1, 0.15) is 6.26 Å². The highest BCUT2D eigenvalue weighted by Gasteiger charge is 2.15. The summed E-state index contributed by atoms with van der Waals surface area (Å²) in [5.74, 6) is -3.23. The molecule has 0 spiro atoms. The topological polar surface area (TPSA) is 110 Å². The molecule has 2 N–H and O–H groups in total. The quantitative estimate of drug-likeness (QED) is 0.241. The predicted octanol–water partition coefficient (Wildman–Crippen LogP) is 0.645. The first-order chi connectivity index (χ1) is 7.86. The fraction of sp³-hybridized carbons (Fsp3) is 0.500. The fourth-order valence-electron chi connectivity index (χ4n) is 0.562. The minimum atomic E-state index is -1.51. The van der Waals surface area contributed by atoms with Crippen LogP contribution in [0.4, 0.5) is 0 Å². The Morgan fingerprint density at radius 1 is 1.06 bits per heavy atom. The Kier molecular flexibility index (Phi) is 10.7. The maximum Gasteiger partial charge on any atom is 0.346 e. The minimum absolute atomic E-state index is 0.211. The van der Waals surface area contributed by atoms with Crippen LogP contribution in [0.25, 0.3) is 0 Å². The van der Waals surface area contributed by atoms with Gasteiger partial charge in [0, 0.05) is 6.92 Å². The Bertz CT molecular complexity index is 277. The number of aliphatic carboxylic acids is 2. The zero-order valence-corrected chi connectivity index (χ0v) is 9.93. The van der Waals surface area contributed by atoms with Crippen LogP contribution in [0.5, 0.6) is 0 Å². The molecular formula is C10H16O7. The van der Waals surface area contributed by atoms with Crippen molar-refractivity contribution in [3.63, 3.8) is 0 Å². The number of carboxylic acid groups (broad SMARTS) is 2. The van der Waals surface area contributed by atoms with E-state index >= 15 is 0 Å². The van der Waals surface area contributed by atoms with Crippen LogP contribution in [0.15, 0.2) is 11.8 Å². The van der Waals surface area contributed by atoms with Gasteiger partial charge in [0.15, 0.2) is 5.57 Å². The molecule has 0 aliphatic heterocycles. The molecule has 0 saturated carbocycles. The van der Waals surface area contributed by atoms with Crippen molar-refractivity contribution in [3.8, 4) is 0 Å². The van der Waals surface area contributed by atoms with Gasteiger partial charge < -0.3 is 19.7 Å². The molecule has 0 amide bonds. The third-order valence-corrected chi connectivity index (χ3v) is 1.18. The zero-order valence-electron chi connectivity index (χ0n) is 9.93. The molecule has 0 heterocycles. The van der Waals surface area contributed by atoms with Crippen molar-refractivity contribution in [2.75, 3.05) is 13.2 Å². The number of carboxylic acids is 2. The highest BCUT2D eigenvalue weighted by Crippen LogP contribution is 1.94. The normalized spacial score (nSPS) is 8.18. The van der Waals surface area contributed by atoms with Crippen molar-refractivity contribution in [2.24, 2.45) is 0 Å². The third kappa shape index (κ3) is 11.9. The summed E-state index contributed by atoms with van der Waals surface area (Å²) in [6, 6.07) is 0. The molecule has 0 fully saturated rings. The summed E-state index contributed by atoms with van der Waals surface area (Å²) in [7, 11) is 0. The van der Waals surface area contributed by atoms with Crippen LogP contribution < -0.4 is 0 Å². The number of esters is 1. The summed E-state index contributed by atoms with van der Waals surface area (Å²) >= 11 is 0. The second kappa shape index (κ2) is 10.5. The standard InChI is InChI=1S/C6H8O5.C4H8O2/c1-2-11-3-4(5(7)8)6(9)10;1-3-6-4(2)5/h3H,2H2,1H3,(H,7,8)(H,9,10);3H2,1-2H3. The largest absolute Gasteiger partial charge is 0.500 e. The molecule has 0 aromatic carbocycles. The lowest BCUT2D eigenvalue weighted by Gasteiger charge is -1.95. The van der Waals surface area contributed by atoms with Crippen LogP contribution in [0.1, 0.15) is 20.8 Å². The second-order valence-corrected chi connectivity index (χ2v) is 2.52. The first kappa shape index (κ1) is 17.3. The molecule has 0 radical (unpaired) electrons. The van der Waals surface area contributed by atoms with E-state index in [1.165, 1.54) is 6.92 Å². The first-order valence-corrected chi connectivity index (χ1v) is 4.78. The number of hydrogen-bond donors (Lipinski definition) is 2. The summed E-state index contributed by atoms with van der Waals surface area (Å²) in [4.78, 5) is 30.1. The van der Waals surface area contributed by atoms with Crippen LogP contribution >= 0.6 is 0 Å². The van der Waals surface area contributed by atoms with E-state index in [-0.39, 0.29) is 12.6 Å². The summed E-state index contributed by atoms with van der Waals surface area (Å²) in [6.07, 6.45) is 0.713. The molecule has 7 nitrogen and oxygen atoms in total. The summed E-state index contributed by atoms with van der Waals surface area (Å²) in [6.45, 7) is 5.52. The number of carbonyl (C=O) groups excluding carboxylic acids is 1. The maximum atomic E-state index is 10.1. The number of hydrogen-bond acceptors (Lipinski definition) is 5. The smallest absolute Gasteiger partial charge is 0.346 e. The molecule has 0 unspecified atom stereocenters. The lowest BCUT2D eigenvalue weighted by molar-refractivity contribution is -0.141. The lowest BCUT2D eigenvalue weighted by atomic mass is 10.3. The van der Waals surface area contributed by atoms with Gasteiger partial charge in [-0.3, -0.25) is 4.79 Å². The van der Waals surface area contributed by atoms with E-state index in [2.05, 4.69) is 9.47 Å². The molecule has 0 aromatic rings. The number of ether oxygens (including phenoxy) is 2. The molecule has 17 heavy (non-hydrogen) atoms. The maximum absolute atomic E-state index is 10.1. The minimum Gasteiger partial charge on any atom is -0.500 e. The average Bonchev–Trinajstić information content (AvgIpc) is 2.17. The van der Waals surface area contributed by atoms with Gasteiger partial charge in [0.05, 0.1) is 13.2 Å². The Morgan fingerprint density at radius 2 is 1.53 bits per heavy atom. The zero-order chi connectivity index (χ0) is 13.8. The van der Waals surface area contributed by atoms with Gasteiger partial charge >= 0.3 is 17.9 Å². The third-order valence-electron chi connectivity index (χ3n) is 1.18. The van der Waals surface area contributed by atoms with Crippen LogP contribution in [0.2, 0.25) is 0 Å². The monoisotopic (exact) mass is 248 g/mol. The Balaban J connectivity index is 0. The molecule has 0 aromatic heterocycles. The van der Waals surface area contributed by atoms with E-state index in [0.717, 1.165) is 0 Å². The van der Waals surface area contributed by atoms with Gasteiger partial charge in [-0.15, -0.1) is 0 Å². The SMILES string of the molecule is CCOC(C)=O.CCOC=C(C(=O)O)C(=O)O. The molecule has 0 rings (SSSR count). The average molecular weight is 248 g/mol. The van der Waals surface area contributed by atoms with Gasteiger partial charge in [-0.1, -0.05) is 0 Å². The van der Waals surface area contributed by atoms with Crippen molar-refractivity contribution in [3.05, 3.63) is 11.8 Å². The fourth-order valence-corrected chi connectivity index (χ4v) is 0.562. The van der Waals surface area contributed by atoms with Gasteiger partial charge in [-0.25, -0.2) is 9.59 Å². The Morgan fingerprint density at radius 3 is 1.71 bits per heavy atom. The molecule has 0 bridgehead atoms. The van der Waals surface area contributed by atoms with Crippen LogP contribution in [0.3, 0.4) is 0 Å². The molecule has 0 aliphatic carbocycles. The predicted molar refractivity (Wildman–Crippen MR) is 57.3 cm³/mol. The highest BCUT2D eigenvalue weighted by molar-refractivity contribution is 6.12. The number of carbonyl (C=O) groups is 3. The molecule has 0 atom stereocenters. The Hall–Kier alpha value is -2.05. The molecular weight excluding hydrogens is 232 g/mol. The highest BCUT2D eigenvalue weighted by atomic mass is 16.5. The van der Waals surface area contributed by atoms with E-state index in [9.17, 15) is 14.4 Å². The first-order valence-electron chi connectivity index (χ1n) is 4.78. The van der Waals surface area contributed by atoms with Crippen molar-refractivity contribution in [1.29, 1.82) is 0 Å². The second-order valence-electron chi connectivity index (χ2n) is 2.52. The van der Waals surface area contributed by atoms with Crippen LogP contribution in [-0.2, 0) is 23.9 Å². The van der Waals surface area contributed by atoms with Crippen molar-refractivity contribution >= 4 is 17.9 Å². The van der Waals surface area contributed by atoms with Crippen molar-refractivity contribution in [2.45, 2.75) is 20.8 Å². The van der Waals surface area contributed by atoms with E-state index in [0.29, 0.717) is 12.9 Å².